The van der Waals surface area contributed by atoms with Crippen molar-refractivity contribution in [3.63, 3.8) is 0 Å². The summed E-state index contributed by atoms with van der Waals surface area (Å²) in [4.78, 5) is 0. The third kappa shape index (κ3) is 4.53. The van der Waals surface area contributed by atoms with E-state index in [0.717, 1.165) is 0 Å². The van der Waals surface area contributed by atoms with E-state index in [0.29, 0.717) is 0 Å². The lowest BCUT2D eigenvalue weighted by Gasteiger charge is -2.22. The Morgan fingerprint density at radius 2 is 0.964 bits per heavy atom. The van der Waals surface area contributed by atoms with E-state index in [1.807, 2.05) is 0 Å². The maximum atomic E-state index is 10.1. The number of hydrogen-bond donors (Lipinski definition) is 0. The van der Waals surface area contributed by atoms with Gasteiger partial charge in [0.1, 0.15) is 11.2 Å². The lowest BCUT2D eigenvalue weighted by Crippen LogP contribution is -2.14. The molecule has 1 nitrogen and oxygen atoms in total. The number of furan rings is 1. The molecule has 0 radical (unpaired) electrons. The highest BCUT2D eigenvalue weighted by molar-refractivity contribution is 6.22. The van der Waals surface area contributed by atoms with Gasteiger partial charge in [-0.1, -0.05) is 141 Å². The maximum absolute atomic E-state index is 10.1. The normalized spacial score (nSPS) is 19.7. The van der Waals surface area contributed by atoms with E-state index in [4.69, 9.17) is 19.5 Å². The average molecular weight is 730 g/mol. The molecule has 0 saturated heterocycles. The molecule has 0 N–H and O–H groups in total. The standard InChI is InChI=1S/C54H40O/c1-31-13-12-19-38-33(3)53-47(30-45(31)38)46-28-37(27-32(2)52(46)55-53)51-43-17-8-6-15-41(43)50(42-16-7-9-18-44(42)51)35-23-21-34(22-24-35)36-25-26-40-39-14-10-11-20-48(39)54(4,5)49(40)29-36/h6-30H,1-5H3/i6D,7D,8D,9D,10D,11D,12D,13D,14D,15D,16D,17D,18D,19D,20D,21D,22D,23D,24D,25D,26D,27D,28D,29D,30D. The Labute approximate surface area is 356 Å². The predicted molar refractivity (Wildman–Crippen MR) is 234 cm³/mol. The summed E-state index contributed by atoms with van der Waals surface area (Å²) in [5.41, 5.74) is -5.03. The quantitative estimate of drug-likeness (QED) is 0.165. The number of aryl methyl sites for hydroxylation is 3. The smallest absolute Gasteiger partial charge is 0.138 e. The van der Waals surface area contributed by atoms with Gasteiger partial charge in [-0.15, -0.1) is 0 Å². The highest BCUT2D eigenvalue weighted by atomic mass is 16.3. The van der Waals surface area contributed by atoms with Gasteiger partial charge in [0.25, 0.3) is 0 Å². The molecule has 0 saturated carbocycles. The fraction of sp³-hybridized carbons (Fsp3) is 0.111. The van der Waals surface area contributed by atoms with Crippen LogP contribution >= 0.6 is 0 Å². The zero-order valence-electron chi connectivity index (χ0n) is 54.9. The Bertz CT molecular complexity index is 4600. The molecule has 10 aromatic rings. The van der Waals surface area contributed by atoms with Crippen LogP contribution in [0.25, 0.3) is 98.8 Å². The minimum Gasteiger partial charge on any atom is -0.455 e. The maximum Gasteiger partial charge on any atom is 0.138 e. The van der Waals surface area contributed by atoms with Gasteiger partial charge < -0.3 is 4.42 Å². The molecule has 0 spiro atoms. The van der Waals surface area contributed by atoms with Crippen LogP contribution < -0.4 is 0 Å². The van der Waals surface area contributed by atoms with Gasteiger partial charge in [0.15, 0.2) is 0 Å². The predicted octanol–water partition coefficient (Wildman–Crippen LogP) is 15.3. The first-order valence-electron chi connectivity index (χ1n) is 29.9. The molecule has 0 atom stereocenters. The van der Waals surface area contributed by atoms with Crippen LogP contribution in [0, 0.1) is 20.8 Å². The molecule has 0 fully saturated rings. The highest BCUT2D eigenvalue weighted by Crippen LogP contribution is 2.50. The second-order valence-corrected chi connectivity index (χ2v) is 14.1. The summed E-state index contributed by atoms with van der Waals surface area (Å²) >= 11 is 0. The van der Waals surface area contributed by atoms with Crippen LogP contribution in [0.1, 0.15) is 75.9 Å². The zero-order chi connectivity index (χ0) is 58.9. The largest absolute Gasteiger partial charge is 0.455 e. The number of rotatable bonds is 3. The van der Waals surface area contributed by atoms with E-state index in [1.165, 1.54) is 13.8 Å². The summed E-state index contributed by atoms with van der Waals surface area (Å²) in [6.07, 6.45) is 0. The van der Waals surface area contributed by atoms with Crippen LogP contribution in [-0.4, -0.2) is 0 Å². The fourth-order valence-corrected chi connectivity index (χ4v) is 7.87. The van der Waals surface area contributed by atoms with Crippen molar-refractivity contribution in [3.05, 3.63) is 179 Å². The van der Waals surface area contributed by atoms with Crippen molar-refractivity contribution in [2.24, 2.45) is 0 Å². The molecular weight excluding hydrogens is 665 g/mol. The number of benzene rings is 9. The van der Waals surface area contributed by atoms with Crippen molar-refractivity contribution in [2.45, 2.75) is 40.0 Å². The molecule has 1 aliphatic carbocycles. The molecule has 262 valence electrons. The number of fused-ring (bicyclic) bond motifs is 9. The Hall–Kier alpha value is -6.44. The molecule has 0 bridgehead atoms. The monoisotopic (exact) mass is 729 g/mol. The first-order valence-corrected chi connectivity index (χ1v) is 17.4. The van der Waals surface area contributed by atoms with Crippen LogP contribution in [0.4, 0.5) is 0 Å². The lowest BCUT2D eigenvalue weighted by atomic mass is 9.81. The summed E-state index contributed by atoms with van der Waals surface area (Å²) in [5, 5.41) is -2.27. The Balaban J connectivity index is 1.31. The van der Waals surface area contributed by atoms with Crippen LogP contribution in [0.3, 0.4) is 0 Å². The SMILES string of the molecule is [2H]c1c([2H])c([2H])c2c(c1[2H])-c1c([2H])c([2H])c(-c3c([2H])c([2H])c(-c4c5c([2H])c([2H])c([2H])c([2H])c5c(-c5c([2H])c(C)c6oc7c(C)c8c([2H])c([2H])c([2H])c(C)c8c([2H])c7c6c5[2H])c5c([2H])c([2H])c([2H])c([2H])c45)c([2H])c3[2H])c([2H])c1C2(C)C. The van der Waals surface area contributed by atoms with Gasteiger partial charge in [-0.05, 0) is 144 Å². The van der Waals surface area contributed by atoms with E-state index in [-0.39, 0.29) is 89.8 Å². The van der Waals surface area contributed by atoms with Gasteiger partial charge in [-0.25, -0.2) is 0 Å². The van der Waals surface area contributed by atoms with Crippen molar-refractivity contribution in [1.82, 2.24) is 0 Å². The summed E-state index contributed by atoms with van der Waals surface area (Å²) < 4.78 is 237. The number of hydrogen-bond acceptors (Lipinski definition) is 1. The van der Waals surface area contributed by atoms with E-state index in [9.17, 15) is 19.2 Å². The van der Waals surface area contributed by atoms with Gasteiger partial charge in [-0.3, -0.25) is 0 Å². The Kier molecular flexibility index (Phi) is 3.30. The van der Waals surface area contributed by atoms with Crippen LogP contribution in [0.15, 0.2) is 155 Å². The molecule has 1 aromatic heterocycles. The summed E-state index contributed by atoms with van der Waals surface area (Å²) in [7, 11) is 0. The van der Waals surface area contributed by atoms with Crippen molar-refractivity contribution in [1.29, 1.82) is 0 Å². The Morgan fingerprint density at radius 1 is 0.400 bits per heavy atom. The van der Waals surface area contributed by atoms with Crippen LogP contribution in [0.5, 0.6) is 0 Å². The molecular formula is C54H40O. The van der Waals surface area contributed by atoms with E-state index in [1.54, 1.807) is 20.8 Å². The molecule has 55 heavy (non-hydrogen) atoms. The molecule has 1 aliphatic rings. The van der Waals surface area contributed by atoms with Gasteiger partial charge in [-0.2, -0.15) is 0 Å². The third-order valence-corrected chi connectivity index (χ3v) is 10.6. The van der Waals surface area contributed by atoms with Crippen molar-refractivity contribution < 1.29 is 38.7 Å². The topological polar surface area (TPSA) is 13.1 Å². The van der Waals surface area contributed by atoms with Crippen molar-refractivity contribution in [3.8, 4) is 44.5 Å². The van der Waals surface area contributed by atoms with Crippen LogP contribution in [-0.2, 0) is 5.41 Å². The first kappa shape index (κ1) is 15.7. The van der Waals surface area contributed by atoms with E-state index >= 15 is 0 Å². The second kappa shape index (κ2) is 11.5. The van der Waals surface area contributed by atoms with Crippen molar-refractivity contribution >= 4 is 54.3 Å². The molecule has 0 aliphatic heterocycles. The second-order valence-electron chi connectivity index (χ2n) is 14.1. The van der Waals surface area contributed by atoms with Crippen LogP contribution in [0.2, 0.25) is 0 Å². The minimum absolute atomic E-state index is 0.00260. The van der Waals surface area contributed by atoms with Gasteiger partial charge in [0.2, 0.25) is 0 Å². The molecule has 9 aromatic carbocycles. The molecule has 0 unspecified atom stereocenters. The Morgan fingerprint density at radius 3 is 1.67 bits per heavy atom. The van der Waals surface area contributed by atoms with E-state index in [2.05, 4.69) is 0 Å². The molecule has 0 amide bonds. The molecule has 1 heterocycles. The first-order chi connectivity index (χ1) is 37.2. The highest BCUT2D eigenvalue weighted by Gasteiger charge is 2.35. The minimum atomic E-state index is -1.45. The lowest BCUT2D eigenvalue weighted by molar-refractivity contribution is 0.660. The fourth-order valence-electron chi connectivity index (χ4n) is 7.87. The van der Waals surface area contributed by atoms with E-state index < -0.39 is 193 Å². The molecule has 1 heteroatoms. The molecule has 11 rings (SSSR count). The van der Waals surface area contributed by atoms with Gasteiger partial charge in [0.05, 0.1) is 34.3 Å². The van der Waals surface area contributed by atoms with Gasteiger partial charge in [0, 0.05) is 21.8 Å². The summed E-state index contributed by atoms with van der Waals surface area (Å²) in [5.74, 6) is 0. The van der Waals surface area contributed by atoms with Crippen molar-refractivity contribution in [2.75, 3.05) is 0 Å². The van der Waals surface area contributed by atoms with Gasteiger partial charge >= 0.3 is 0 Å². The zero-order valence-corrected chi connectivity index (χ0v) is 29.9. The summed E-state index contributed by atoms with van der Waals surface area (Å²) in [6.45, 7) is 7.60. The third-order valence-electron chi connectivity index (χ3n) is 10.6. The average Bonchev–Trinajstić information content (AvgIpc) is 3.97. The summed E-state index contributed by atoms with van der Waals surface area (Å²) in [6, 6.07) is -17.8.